The maximum atomic E-state index is 13.4. The molecule has 0 saturated heterocycles. The Morgan fingerprint density at radius 3 is 2.79 bits per heavy atom. The number of oxime groups is 1. The van der Waals surface area contributed by atoms with Crippen LogP contribution in [-0.4, -0.2) is 35.7 Å². The summed E-state index contributed by atoms with van der Waals surface area (Å²) in [4.78, 5) is 21.1. The lowest BCUT2D eigenvalue weighted by Crippen LogP contribution is -2.43. The maximum Gasteiger partial charge on any atom is 0.414 e. The molecule has 1 amide bonds. The maximum absolute atomic E-state index is 13.4. The van der Waals surface area contributed by atoms with E-state index in [0.29, 0.717) is 23.6 Å². The van der Waals surface area contributed by atoms with E-state index in [1.165, 1.54) is 24.4 Å². The number of carbonyl (C=O) groups excluding carboxylic acids is 1. The van der Waals surface area contributed by atoms with Crippen molar-refractivity contribution in [3.63, 3.8) is 0 Å². The molecular weight excluding hydrogens is 391 g/mol. The van der Waals surface area contributed by atoms with E-state index in [1.807, 2.05) is 11.4 Å². The van der Waals surface area contributed by atoms with Crippen LogP contribution in [0.2, 0.25) is 0 Å². The molecule has 0 bridgehead atoms. The molecule has 0 saturated carbocycles. The smallest absolute Gasteiger partial charge is 0.414 e. The van der Waals surface area contributed by atoms with Crippen molar-refractivity contribution >= 4 is 11.6 Å². The monoisotopic (exact) mass is 407 g/mol. The summed E-state index contributed by atoms with van der Waals surface area (Å²) >= 11 is 0. The zero-order chi connectivity index (χ0) is 20.4. The molecule has 2 aromatic rings. The van der Waals surface area contributed by atoms with Crippen molar-refractivity contribution in [2.24, 2.45) is 5.16 Å². The minimum absolute atomic E-state index is 0.0903. The van der Waals surface area contributed by atoms with Gasteiger partial charge in [0, 0.05) is 19.0 Å². The van der Waals surface area contributed by atoms with Crippen molar-refractivity contribution in [3.05, 3.63) is 53.9 Å². The first kappa shape index (κ1) is 19.0. The first-order valence-electron chi connectivity index (χ1n) is 8.78. The van der Waals surface area contributed by atoms with Gasteiger partial charge in [-0.15, -0.1) is 0 Å². The summed E-state index contributed by atoms with van der Waals surface area (Å²) in [5, 5.41) is 5.83. The van der Waals surface area contributed by atoms with Gasteiger partial charge in [0.2, 0.25) is 12.9 Å². The van der Waals surface area contributed by atoms with Crippen LogP contribution in [0.5, 0.6) is 11.5 Å². The number of ether oxygens (including phenoxy) is 2. The highest BCUT2D eigenvalue weighted by Crippen LogP contribution is 2.34. The molecule has 152 valence electrons. The predicted octanol–water partition coefficient (Wildman–Crippen LogP) is 2.92. The average Bonchev–Trinajstić information content (AvgIpc) is 3.35. The minimum Gasteiger partial charge on any atom is -0.454 e. The first-order valence-corrected chi connectivity index (χ1v) is 8.78. The molecule has 0 spiro atoms. The Morgan fingerprint density at radius 2 is 2.03 bits per heavy atom. The number of aromatic nitrogens is 1. The van der Waals surface area contributed by atoms with E-state index < -0.39 is 24.2 Å². The SMILES string of the molecule is O=C(N[C@@H](c1ccccn1)C(F)(F)F)[C@@H]1CC(Cc2ccc3c(c2)OCO3)=NO1. The van der Waals surface area contributed by atoms with Crippen molar-refractivity contribution in [1.82, 2.24) is 10.3 Å². The molecule has 10 heteroatoms. The van der Waals surface area contributed by atoms with Crippen molar-refractivity contribution in [1.29, 1.82) is 0 Å². The van der Waals surface area contributed by atoms with Crippen LogP contribution in [0.25, 0.3) is 0 Å². The second kappa shape index (κ2) is 7.61. The van der Waals surface area contributed by atoms with Gasteiger partial charge in [-0.3, -0.25) is 9.78 Å². The van der Waals surface area contributed by atoms with Gasteiger partial charge in [-0.05, 0) is 29.8 Å². The first-order chi connectivity index (χ1) is 13.9. The van der Waals surface area contributed by atoms with Gasteiger partial charge in [-0.25, -0.2) is 0 Å². The second-order valence-electron chi connectivity index (χ2n) is 6.56. The number of fused-ring (bicyclic) bond motifs is 1. The Hall–Kier alpha value is -3.30. The van der Waals surface area contributed by atoms with Gasteiger partial charge in [-0.2, -0.15) is 13.2 Å². The highest BCUT2D eigenvalue weighted by molar-refractivity contribution is 5.94. The van der Waals surface area contributed by atoms with E-state index in [0.717, 1.165) is 5.56 Å². The summed E-state index contributed by atoms with van der Waals surface area (Å²) < 4.78 is 50.7. The minimum atomic E-state index is -4.70. The number of rotatable bonds is 5. The lowest BCUT2D eigenvalue weighted by molar-refractivity contribution is -0.167. The van der Waals surface area contributed by atoms with E-state index in [9.17, 15) is 18.0 Å². The average molecular weight is 407 g/mol. The molecule has 0 radical (unpaired) electrons. The Labute approximate surface area is 163 Å². The Morgan fingerprint density at radius 1 is 1.21 bits per heavy atom. The summed E-state index contributed by atoms with van der Waals surface area (Å²) in [6, 6.07) is 7.27. The highest BCUT2D eigenvalue weighted by atomic mass is 19.4. The topological polar surface area (TPSA) is 82.0 Å². The van der Waals surface area contributed by atoms with Gasteiger partial charge >= 0.3 is 6.18 Å². The molecule has 2 aliphatic heterocycles. The highest BCUT2D eigenvalue weighted by Gasteiger charge is 2.44. The molecule has 0 fully saturated rings. The van der Waals surface area contributed by atoms with Crippen molar-refractivity contribution in [3.8, 4) is 11.5 Å². The number of nitrogens with one attached hydrogen (secondary N) is 1. The van der Waals surface area contributed by atoms with Crippen molar-refractivity contribution < 1.29 is 32.3 Å². The normalized spacial score (nSPS) is 18.7. The third kappa shape index (κ3) is 4.25. The molecule has 1 N–H and O–H groups in total. The number of alkyl halides is 3. The van der Waals surface area contributed by atoms with Crippen LogP contribution in [0.15, 0.2) is 47.8 Å². The van der Waals surface area contributed by atoms with Crippen LogP contribution in [0.4, 0.5) is 13.2 Å². The molecule has 1 aromatic carbocycles. The van der Waals surface area contributed by atoms with Gasteiger partial charge in [0.05, 0.1) is 11.4 Å². The molecule has 0 aliphatic carbocycles. The molecule has 3 heterocycles. The molecule has 0 unspecified atom stereocenters. The Bertz CT molecular complexity index is 934. The van der Waals surface area contributed by atoms with Crippen molar-refractivity contribution in [2.45, 2.75) is 31.2 Å². The van der Waals surface area contributed by atoms with Crippen molar-refractivity contribution in [2.75, 3.05) is 6.79 Å². The summed E-state index contributed by atoms with van der Waals surface area (Å²) in [7, 11) is 0. The predicted molar refractivity (Wildman–Crippen MR) is 94.4 cm³/mol. The molecule has 2 aliphatic rings. The van der Waals surface area contributed by atoms with Crippen LogP contribution in [0.1, 0.15) is 23.7 Å². The van der Waals surface area contributed by atoms with Gasteiger partial charge in [0.15, 0.2) is 17.5 Å². The van der Waals surface area contributed by atoms with Crippen LogP contribution >= 0.6 is 0 Å². The van der Waals surface area contributed by atoms with Crippen LogP contribution in [0.3, 0.4) is 0 Å². The van der Waals surface area contributed by atoms with Gasteiger partial charge in [0.1, 0.15) is 0 Å². The molecule has 29 heavy (non-hydrogen) atoms. The largest absolute Gasteiger partial charge is 0.454 e. The number of hydrogen-bond donors (Lipinski definition) is 1. The number of amides is 1. The van der Waals surface area contributed by atoms with E-state index in [4.69, 9.17) is 14.3 Å². The molecule has 7 nitrogen and oxygen atoms in total. The van der Waals surface area contributed by atoms with E-state index >= 15 is 0 Å². The molecular formula is C19H16F3N3O4. The van der Waals surface area contributed by atoms with E-state index in [2.05, 4.69) is 10.1 Å². The lowest BCUT2D eigenvalue weighted by atomic mass is 10.0. The van der Waals surface area contributed by atoms with Gasteiger partial charge in [0.25, 0.3) is 5.91 Å². The number of halogens is 3. The fraction of sp³-hybridized carbons (Fsp3) is 0.316. The summed E-state index contributed by atoms with van der Waals surface area (Å²) in [6.45, 7) is 0.154. The number of nitrogens with zero attached hydrogens (tertiary/aromatic N) is 2. The Kier molecular flexibility index (Phi) is 4.99. The summed E-state index contributed by atoms with van der Waals surface area (Å²) in [5.41, 5.74) is 1.11. The van der Waals surface area contributed by atoms with Gasteiger partial charge in [-0.1, -0.05) is 17.3 Å². The number of carbonyl (C=O) groups is 1. The van der Waals surface area contributed by atoms with E-state index in [1.54, 1.807) is 12.1 Å². The van der Waals surface area contributed by atoms with Crippen LogP contribution < -0.4 is 14.8 Å². The fourth-order valence-electron chi connectivity index (χ4n) is 3.06. The number of hydrogen-bond acceptors (Lipinski definition) is 6. The molecule has 1 aromatic heterocycles. The zero-order valence-corrected chi connectivity index (χ0v) is 15.0. The molecule has 4 rings (SSSR count). The van der Waals surface area contributed by atoms with Gasteiger partial charge < -0.3 is 19.6 Å². The van der Waals surface area contributed by atoms with E-state index in [-0.39, 0.29) is 18.9 Å². The lowest BCUT2D eigenvalue weighted by Gasteiger charge is -2.22. The Balaban J connectivity index is 1.38. The summed E-state index contributed by atoms with van der Waals surface area (Å²) in [5.74, 6) is 0.352. The fourth-order valence-corrected chi connectivity index (χ4v) is 3.06. The zero-order valence-electron chi connectivity index (χ0n) is 15.0. The quantitative estimate of drug-likeness (QED) is 0.824. The third-order valence-corrected chi connectivity index (χ3v) is 4.47. The molecule has 2 atom stereocenters. The number of pyridine rings is 1. The number of benzene rings is 1. The van der Waals surface area contributed by atoms with Crippen LogP contribution in [-0.2, 0) is 16.1 Å². The standard InChI is InChI=1S/C19H16F3N3O4/c20-19(21,22)17(13-3-1-2-6-23-13)24-18(26)16-9-12(25-29-16)7-11-4-5-14-15(8-11)28-10-27-14/h1-6,8,16-17H,7,9-10H2,(H,24,26)/t16-,17-/m0/s1. The second-order valence-corrected chi connectivity index (χ2v) is 6.56. The third-order valence-electron chi connectivity index (χ3n) is 4.47. The van der Waals surface area contributed by atoms with Crippen LogP contribution in [0, 0.1) is 0 Å². The summed E-state index contributed by atoms with van der Waals surface area (Å²) in [6.07, 6.45) is -4.12.